The minimum Gasteiger partial charge on any atom is -0.490 e. The number of fused-ring (bicyclic) bond motifs is 1. The van der Waals surface area contributed by atoms with Gasteiger partial charge in [0.05, 0.1) is 17.5 Å². The molecule has 0 unspecified atom stereocenters. The molecule has 2 aromatic rings. The first-order valence-electron chi connectivity index (χ1n) is 9.27. The molecule has 7 nitrogen and oxygen atoms in total. The van der Waals surface area contributed by atoms with Crippen LogP contribution in [0.2, 0.25) is 0 Å². The number of carbonyl (C=O) groups excluding carboxylic acids is 1. The van der Waals surface area contributed by atoms with Crippen LogP contribution in [0.25, 0.3) is 0 Å². The summed E-state index contributed by atoms with van der Waals surface area (Å²) in [6.45, 7) is 3.71. The van der Waals surface area contributed by atoms with Gasteiger partial charge in [-0.3, -0.25) is 10.1 Å². The molecule has 1 N–H and O–H groups in total. The number of anilines is 1. The molecule has 1 aromatic heterocycles. The number of sulfonamides is 1. The Morgan fingerprint density at radius 3 is 2.57 bits per heavy atom. The second-order valence-corrected chi connectivity index (χ2v) is 8.96. The third-order valence-corrected chi connectivity index (χ3v) is 6.87. The summed E-state index contributed by atoms with van der Waals surface area (Å²) in [6.07, 6.45) is 5.83. The lowest BCUT2D eigenvalue weighted by atomic mass is 10.3. The van der Waals surface area contributed by atoms with Crippen molar-refractivity contribution in [3.8, 4) is 5.75 Å². The molecule has 0 bridgehead atoms. The van der Waals surface area contributed by atoms with Crippen LogP contribution in [0.5, 0.6) is 5.75 Å². The molecule has 1 fully saturated rings. The number of hydrogen-bond donors (Lipinski definition) is 1. The molecule has 0 radical (unpaired) electrons. The van der Waals surface area contributed by atoms with Gasteiger partial charge in [-0.15, -0.1) is 0 Å². The lowest BCUT2D eigenvalue weighted by Gasteiger charge is -2.17. The predicted molar refractivity (Wildman–Crippen MR) is 103 cm³/mol. The van der Waals surface area contributed by atoms with Crippen molar-refractivity contribution in [2.75, 3.05) is 5.32 Å². The van der Waals surface area contributed by atoms with Crippen molar-refractivity contribution in [1.29, 1.82) is 0 Å². The average Bonchev–Trinajstić information content (AvgIpc) is 3.39. The molecule has 0 saturated heterocycles. The number of hydrogen-bond acceptors (Lipinski definition) is 5. The number of nitrogens with zero attached hydrogens (tertiary/aromatic N) is 1. The van der Waals surface area contributed by atoms with Gasteiger partial charge in [-0.1, -0.05) is 6.58 Å². The van der Waals surface area contributed by atoms with Crippen molar-refractivity contribution in [2.24, 2.45) is 0 Å². The van der Waals surface area contributed by atoms with Crippen LogP contribution >= 0.6 is 0 Å². The van der Waals surface area contributed by atoms with Crippen LogP contribution in [0.1, 0.15) is 37.0 Å². The quantitative estimate of drug-likeness (QED) is 0.748. The molecule has 1 aliphatic carbocycles. The topological polar surface area (TPSA) is 88.9 Å². The highest BCUT2D eigenvalue weighted by molar-refractivity contribution is 7.89. The summed E-state index contributed by atoms with van der Waals surface area (Å²) >= 11 is 0. The summed E-state index contributed by atoms with van der Waals surface area (Å²) in [5.74, 6) is 1.14. The minimum atomic E-state index is -3.65. The Hall–Kier alpha value is -2.58. The van der Waals surface area contributed by atoms with E-state index in [1.54, 1.807) is 30.3 Å². The summed E-state index contributed by atoms with van der Waals surface area (Å²) in [6, 6.07) is 8.22. The SMILES string of the molecule is C=CC(=O)Nc1cc2c(o1)CN(S(=O)(=O)c1ccc(OC3CCCC3)cc1)C2. The van der Waals surface area contributed by atoms with Crippen molar-refractivity contribution in [2.45, 2.75) is 49.8 Å². The van der Waals surface area contributed by atoms with Crippen molar-refractivity contribution in [3.63, 3.8) is 0 Å². The maximum absolute atomic E-state index is 12.9. The van der Waals surface area contributed by atoms with Gasteiger partial charge in [-0.25, -0.2) is 8.42 Å². The summed E-state index contributed by atoms with van der Waals surface area (Å²) in [4.78, 5) is 11.6. The van der Waals surface area contributed by atoms with Gasteiger partial charge in [0.25, 0.3) is 0 Å². The fourth-order valence-electron chi connectivity index (χ4n) is 3.58. The molecule has 2 heterocycles. The first kappa shape index (κ1) is 18.8. The Labute approximate surface area is 164 Å². The second kappa shape index (κ2) is 7.44. The van der Waals surface area contributed by atoms with Crippen molar-refractivity contribution in [3.05, 3.63) is 54.3 Å². The predicted octanol–water partition coefficient (Wildman–Crippen LogP) is 3.43. The minimum absolute atomic E-state index is 0.127. The van der Waals surface area contributed by atoms with Crippen LogP contribution in [0.4, 0.5) is 5.88 Å². The summed E-state index contributed by atoms with van der Waals surface area (Å²) in [7, 11) is -3.65. The lowest BCUT2D eigenvalue weighted by molar-refractivity contribution is -0.112. The molecular formula is C20H22N2O5S. The average molecular weight is 402 g/mol. The summed E-state index contributed by atoms with van der Waals surface area (Å²) < 4.78 is 38.7. The number of carbonyl (C=O) groups is 1. The van der Waals surface area contributed by atoms with E-state index in [1.807, 2.05) is 0 Å². The van der Waals surface area contributed by atoms with E-state index in [1.165, 1.54) is 17.1 Å². The Bertz CT molecular complexity index is 965. The zero-order chi connectivity index (χ0) is 19.7. The fourth-order valence-corrected chi connectivity index (χ4v) is 4.96. The van der Waals surface area contributed by atoms with E-state index in [2.05, 4.69) is 11.9 Å². The van der Waals surface area contributed by atoms with Crippen molar-refractivity contribution in [1.82, 2.24) is 4.31 Å². The maximum Gasteiger partial charge on any atom is 0.250 e. The molecule has 148 valence electrons. The van der Waals surface area contributed by atoms with Gasteiger partial charge in [0.2, 0.25) is 15.9 Å². The highest BCUT2D eigenvalue weighted by Crippen LogP contribution is 2.33. The van der Waals surface area contributed by atoms with E-state index in [-0.39, 0.29) is 30.0 Å². The molecule has 1 aromatic carbocycles. The number of benzene rings is 1. The molecule has 1 amide bonds. The molecular weight excluding hydrogens is 380 g/mol. The smallest absolute Gasteiger partial charge is 0.250 e. The Balaban J connectivity index is 1.44. The van der Waals surface area contributed by atoms with E-state index in [0.29, 0.717) is 17.4 Å². The van der Waals surface area contributed by atoms with Crippen LogP contribution in [0, 0.1) is 0 Å². The van der Waals surface area contributed by atoms with E-state index >= 15 is 0 Å². The number of rotatable bonds is 6. The van der Waals surface area contributed by atoms with E-state index in [4.69, 9.17) is 9.15 Å². The molecule has 8 heteroatoms. The largest absolute Gasteiger partial charge is 0.490 e. The van der Waals surface area contributed by atoms with Crippen molar-refractivity contribution >= 4 is 21.8 Å². The lowest BCUT2D eigenvalue weighted by Crippen LogP contribution is -2.25. The third kappa shape index (κ3) is 3.70. The van der Waals surface area contributed by atoms with Crippen LogP contribution in [0.15, 0.2) is 52.3 Å². The molecule has 0 spiro atoms. The Kier molecular flexibility index (Phi) is 4.99. The Morgan fingerprint density at radius 2 is 1.93 bits per heavy atom. The molecule has 0 atom stereocenters. The number of amides is 1. The van der Waals surface area contributed by atoms with Gasteiger partial charge < -0.3 is 9.15 Å². The van der Waals surface area contributed by atoms with Crippen LogP contribution in [-0.4, -0.2) is 24.7 Å². The fraction of sp³-hybridized carbons (Fsp3) is 0.350. The maximum atomic E-state index is 12.9. The van der Waals surface area contributed by atoms with E-state index in [0.717, 1.165) is 24.5 Å². The summed E-state index contributed by atoms with van der Waals surface area (Å²) in [5, 5.41) is 2.54. The van der Waals surface area contributed by atoms with Gasteiger partial charge in [0.1, 0.15) is 11.5 Å². The number of nitrogens with one attached hydrogen (secondary N) is 1. The zero-order valence-electron chi connectivity index (χ0n) is 15.4. The van der Waals surface area contributed by atoms with Gasteiger partial charge >= 0.3 is 0 Å². The normalized spacial score (nSPS) is 17.4. The van der Waals surface area contributed by atoms with Gasteiger partial charge in [-0.2, -0.15) is 4.31 Å². The number of furan rings is 1. The Morgan fingerprint density at radius 1 is 1.21 bits per heavy atom. The van der Waals surface area contributed by atoms with Gasteiger partial charge in [0, 0.05) is 18.2 Å². The van der Waals surface area contributed by atoms with Gasteiger partial charge in [0.15, 0.2) is 5.88 Å². The van der Waals surface area contributed by atoms with Crippen molar-refractivity contribution < 1.29 is 22.4 Å². The highest BCUT2D eigenvalue weighted by atomic mass is 32.2. The van der Waals surface area contributed by atoms with E-state index < -0.39 is 10.0 Å². The van der Waals surface area contributed by atoms with Crippen LogP contribution < -0.4 is 10.1 Å². The molecule has 2 aliphatic rings. The molecule has 4 rings (SSSR count). The molecule has 1 saturated carbocycles. The van der Waals surface area contributed by atoms with Gasteiger partial charge in [-0.05, 0) is 56.0 Å². The molecule has 28 heavy (non-hydrogen) atoms. The standard InChI is InChI=1S/C20H22N2O5S/c1-2-19(23)21-20-11-14-12-22(13-18(14)27-20)28(24,25)17-9-7-16(8-10-17)26-15-5-3-4-6-15/h2,7-11,15H,1,3-6,12-13H2,(H,21,23). The zero-order valence-corrected chi connectivity index (χ0v) is 16.2. The first-order chi connectivity index (χ1) is 13.5. The highest BCUT2D eigenvalue weighted by Gasteiger charge is 2.33. The van der Waals surface area contributed by atoms with Crippen LogP contribution in [-0.2, 0) is 27.9 Å². The molecule has 1 aliphatic heterocycles. The third-order valence-electron chi connectivity index (χ3n) is 5.06. The monoisotopic (exact) mass is 402 g/mol. The van der Waals surface area contributed by atoms with Crippen LogP contribution in [0.3, 0.4) is 0 Å². The van der Waals surface area contributed by atoms with E-state index in [9.17, 15) is 13.2 Å². The number of ether oxygens (including phenoxy) is 1. The second-order valence-electron chi connectivity index (χ2n) is 7.02. The first-order valence-corrected chi connectivity index (χ1v) is 10.7. The summed E-state index contributed by atoms with van der Waals surface area (Å²) in [5.41, 5.74) is 0.740.